The molecule has 0 spiro atoms. The summed E-state index contributed by atoms with van der Waals surface area (Å²) >= 11 is 0. The van der Waals surface area contributed by atoms with Crippen molar-refractivity contribution >= 4 is 5.96 Å². The van der Waals surface area contributed by atoms with Gasteiger partial charge in [-0.05, 0) is 12.8 Å². The Balaban J connectivity index is 2.36. The summed E-state index contributed by atoms with van der Waals surface area (Å²) < 4.78 is 2.10. The number of aryl methyl sites for hydroxylation is 1. The second kappa shape index (κ2) is 12.9. The molecular formula is C17H34N6. The van der Waals surface area contributed by atoms with Gasteiger partial charge in [-0.15, -0.1) is 10.2 Å². The van der Waals surface area contributed by atoms with Gasteiger partial charge >= 0.3 is 0 Å². The highest BCUT2D eigenvalue weighted by atomic mass is 15.3. The van der Waals surface area contributed by atoms with Crippen LogP contribution in [0.2, 0.25) is 0 Å². The summed E-state index contributed by atoms with van der Waals surface area (Å²) in [5.41, 5.74) is 0. The quantitative estimate of drug-likeness (QED) is 0.353. The maximum atomic E-state index is 4.68. The van der Waals surface area contributed by atoms with Crippen molar-refractivity contribution in [2.24, 2.45) is 4.99 Å². The Morgan fingerprint density at radius 1 is 1.04 bits per heavy atom. The summed E-state index contributed by atoms with van der Waals surface area (Å²) in [4.78, 5) is 4.68. The zero-order valence-corrected chi connectivity index (χ0v) is 15.1. The number of aromatic nitrogens is 3. The largest absolute Gasteiger partial charge is 0.356 e. The Hall–Kier alpha value is -1.59. The second-order valence-electron chi connectivity index (χ2n) is 5.79. The predicted octanol–water partition coefficient (Wildman–Crippen LogP) is 2.76. The minimum absolute atomic E-state index is 0.831. The number of nitrogens with zero attached hydrogens (tertiary/aromatic N) is 4. The van der Waals surface area contributed by atoms with Gasteiger partial charge in [-0.25, -0.2) is 0 Å². The molecule has 6 heteroatoms. The van der Waals surface area contributed by atoms with E-state index in [2.05, 4.69) is 51.2 Å². The third kappa shape index (κ3) is 8.57. The molecule has 0 aliphatic rings. The van der Waals surface area contributed by atoms with E-state index in [0.29, 0.717) is 0 Å². The fraction of sp³-hybridized carbons (Fsp3) is 0.824. The second-order valence-corrected chi connectivity index (χ2v) is 5.79. The monoisotopic (exact) mass is 322 g/mol. The molecule has 1 rings (SSSR count). The minimum Gasteiger partial charge on any atom is -0.356 e. The van der Waals surface area contributed by atoms with Crippen LogP contribution in [0.1, 0.15) is 65.1 Å². The van der Waals surface area contributed by atoms with Crippen molar-refractivity contribution < 1.29 is 0 Å². The molecule has 0 amide bonds. The van der Waals surface area contributed by atoms with Crippen LogP contribution in [0, 0.1) is 0 Å². The van der Waals surface area contributed by atoms with E-state index in [4.69, 9.17) is 0 Å². The molecule has 1 aromatic rings. The standard InChI is InChI=1S/C17H34N6/c1-4-7-9-10-12-19-17(18-11-8-5-2)20-13-14-23-15-21-22-16(23)6-3/h15H,4-14H2,1-3H3,(H2,18,19,20). The summed E-state index contributed by atoms with van der Waals surface area (Å²) in [6.07, 6.45) is 10.1. The normalized spacial score (nSPS) is 11.7. The number of unbranched alkanes of at least 4 members (excludes halogenated alkanes) is 4. The Labute approximate surface area is 141 Å². The topological polar surface area (TPSA) is 67.1 Å². The molecule has 0 saturated carbocycles. The van der Waals surface area contributed by atoms with Crippen LogP contribution in [0.15, 0.2) is 11.3 Å². The molecule has 0 fully saturated rings. The number of hydrogen-bond donors (Lipinski definition) is 2. The van der Waals surface area contributed by atoms with Crippen molar-refractivity contribution in [2.45, 2.75) is 72.3 Å². The van der Waals surface area contributed by atoms with Gasteiger partial charge in [0.2, 0.25) is 0 Å². The van der Waals surface area contributed by atoms with Crippen molar-refractivity contribution in [3.63, 3.8) is 0 Å². The van der Waals surface area contributed by atoms with Gasteiger partial charge < -0.3 is 15.2 Å². The molecular weight excluding hydrogens is 288 g/mol. The number of nitrogens with one attached hydrogen (secondary N) is 2. The highest BCUT2D eigenvalue weighted by Crippen LogP contribution is 1.99. The summed E-state index contributed by atoms with van der Waals surface area (Å²) in [5, 5.41) is 14.9. The molecule has 0 radical (unpaired) electrons. The van der Waals surface area contributed by atoms with E-state index in [0.717, 1.165) is 44.4 Å². The smallest absolute Gasteiger partial charge is 0.191 e. The lowest BCUT2D eigenvalue weighted by Crippen LogP contribution is -2.39. The van der Waals surface area contributed by atoms with Gasteiger partial charge in [0, 0.05) is 32.6 Å². The number of rotatable bonds is 12. The van der Waals surface area contributed by atoms with E-state index in [1.165, 1.54) is 38.5 Å². The van der Waals surface area contributed by atoms with E-state index in [1.54, 1.807) is 6.33 Å². The molecule has 0 bridgehead atoms. The van der Waals surface area contributed by atoms with E-state index in [-0.39, 0.29) is 0 Å². The van der Waals surface area contributed by atoms with Crippen molar-refractivity contribution in [1.29, 1.82) is 0 Å². The first-order valence-corrected chi connectivity index (χ1v) is 9.20. The average molecular weight is 323 g/mol. The van der Waals surface area contributed by atoms with Crippen LogP contribution in [0.5, 0.6) is 0 Å². The van der Waals surface area contributed by atoms with Gasteiger partial charge in [-0.2, -0.15) is 0 Å². The molecule has 0 unspecified atom stereocenters. The van der Waals surface area contributed by atoms with Crippen LogP contribution in [0.4, 0.5) is 0 Å². The van der Waals surface area contributed by atoms with Gasteiger partial charge in [0.1, 0.15) is 12.2 Å². The third-order valence-corrected chi connectivity index (χ3v) is 3.76. The Morgan fingerprint density at radius 3 is 2.57 bits per heavy atom. The summed E-state index contributed by atoms with van der Waals surface area (Å²) in [6, 6.07) is 0. The Morgan fingerprint density at radius 2 is 1.83 bits per heavy atom. The van der Waals surface area contributed by atoms with E-state index in [1.807, 2.05) is 0 Å². The molecule has 0 aliphatic carbocycles. The molecule has 1 aromatic heterocycles. The maximum absolute atomic E-state index is 4.68. The zero-order chi connectivity index (χ0) is 16.8. The summed E-state index contributed by atoms with van der Waals surface area (Å²) in [5.74, 6) is 1.96. The Kier molecular flexibility index (Phi) is 10.9. The lowest BCUT2D eigenvalue weighted by Gasteiger charge is -2.13. The highest BCUT2D eigenvalue weighted by Gasteiger charge is 2.02. The lowest BCUT2D eigenvalue weighted by molar-refractivity contribution is 0.625. The first kappa shape index (κ1) is 19.5. The SMILES string of the molecule is CCCCCCN=C(NCCCC)NCCn1cnnc1CC. The van der Waals surface area contributed by atoms with Gasteiger partial charge in [-0.1, -0.05) is 46.5 Å². The lowest BCUT2D eigenvalue weighted by atomic mass is 10.2. The van der Waals surface area contributed by atoms with Gasteiger partial charge in [0.15, 0.2) is 5.96 Å². The van der Waals surface area contributed by atoms with Gasteiger partial charge in [-0.3, -0.25) is 4.99 Å². The maximum Gasteiger partial charge on any atom is 0.191 e. The molecule has 0 atom stereocenters. The first-order valence-electron chi connectivity index (χ1n) is 9.20. The van der Waals surface area contributed by atoms with Crippen molar-refractivity contribution in [1.82, 2.24) is 25.4 Å². The highest BCUT2D eigenvalue weighted by molar-refractivity contribution is 5.79. The molecule has 23 heavy (non-hydrogen) atoms. The minimum atomic E-state index is 0.831. The fourth-order valence-corrected chi connectivity index (χ4v) is 2.32. The van der Waals surface area contributed by atoms with E-state index in [9.17, 15) is 0 Å². The fourth-order valence-electron chi connectivity index (χ4n) is 2.32. The molecule has 0 aliphatic heterocycles. The average Bonchev–Trinajstić information content (AvgIpc) is 3.02. The number of hydrogen-bond acceptors (Lipinski definition) is 3. The first-order chi connectivity index (χ1) is 11.3. The van der Waals surface area contributed by atoms with Crippen LogP contribution >= 0.6 is 0 Å². The van der Waals surface area contributed by atoms with E-state index >= 15 is 0 Å². The molecule has 1 heterocycles. The van der Waals surface area contributed by atoms with E-state index < -0.39 is 0 Å². The zero-order valence-electron chi connectivity index (χ0n) is 15.1. The summed E-state index contributed by atoms with van der Waals surface area (Å²) in [6.45, 7) is 10.1. The summed E-state index contributed by atoms with van der Waals surface area (Å²) in [7, 11) is 0. The van der Waals surface area contributed by atoms with Crippen LogP contribution in [0.3, 0.4) is 0 Å². The molecule has 0 saturated heterocycles. The number of aliphatic imine (C=N–C) groups is 1. The van der Waals surface area contributed by atoms with Crippen LogP contribution in [0.25, 0.3) is 0 Å². The molecule has 2 N–H and O–H groups in total. The van der Waals surface area contributed by atoms with Crippen molar-refractivity contribution in [3.8, 4) is 0 Å². The Bertz CT molecular complexity index is 426. The van der Waals surface area contributed by atoms with Crippen molar-refractivity contribution in [2.75, 3.05) is 19.6 Å². The number of guanidine groups is 1. The molecule has 132 valence electrons. The van der Waals surface area contributed by atoms with Gasteiger partial charge in [0.25, 0.3) is 0 Å². The van der Waals surface area contributed by atoms with Crippen LogP contribution in [-0.2, 0) is 13.0 Å². The van der Waals surface area contributed by atoms with Gasteiger partial charge in [0.05, 0.1) is 0 Å². The molecule has 0 aromatic carbocycles. The third-order valence-electron chi connectivity index (χ3n) is 3.76. The molecule has 6 nitrogen and oxygen atoms in total. The van der Waals surface area contributed by atoms with Crippen LogP contribution < -0.4 is 10.6 Å². The van der Waals surface area contributed by atoms with Crippen LogP contribution in [-0.4, -0.2) is 40.4 Å². The predicted molar refractivity (Wildman–Crippen MR) is 96.8 cm³/mol. The van der Waals surface area contributed by atoms with Crippen molar-refractivity contribution in [3.05, 3.63) is 12.2 Å².